The van der Waals surface area contributed by atoms with Crippen molar-refractivity contribution in [2.45, 2.75) is 26.1 Å². The van der Waals surface area contributed by atoms with Gasteiger partial charge >= 0.3 is 11.9 Å². The highest BCUT2D eigenvalue weighted by molar-refractivity contribution is 6.03. The molecule has 0 spiro atoms. The van der Waals surface area contributed by atoms with Crippen molar-refractivity contribution in [3.8, 4) is 0 Å². The minimum Gasteiger partial charge on any atom is -0.478 e. The number of ether oxygens (including phenoxy) is 2. The zero-order valence-electron chi connectivity index (χ0n) is 15.6. The van der Waals surface area contributed by atoms with E-state index in [-0.39, 0.29) is 19.1 Å². The average Bonchev–Trinajstić information content (AvgIpc) is 2.59. The summed E-state index contributed by atoms with van der Waals surface area (Å²) in [6.07, 6.45) is -3.21. The van der Waals surface area contributed by atoms with Gasteiger partial charge in [-0.25, -0.2) is 4.79 Å². The fraction of sp³-hybridized carbons (Fsp3) is 0.444. The van der Waals surface area contributed by atoms with Gasteiger partial charge in [0.25, 0.3) is 11.8 Å². The lowest BCUT2D eigenvalue weighted by Crippen LogP contribution is -2.55. The van der Waals surface area contributed by atoms with Crippen LogP contribution in [-0.4, -0.2) is 73.2 Å². The molecule has 1 saturated heterocycles. The van der Waals surface area contributed by atoms with Gasteiger partial charge in [-0.1, -0.05) is 6.07 Å². The zero-order valence-corrected chi connectivity index (χ0v) is 15.6. The summed E-state index contributed by atoms with van der Waals surface area (Å²) in [5, 5.41) is 9.30. The molecule has 0 aliphatic carbocycles. The third-order valence-corrected chi connectivity index (χ3v) is 4.17. The van der Waals surface area contributed by atoms with Gasteiger partial charge < -0.3 is 24.4 Å². The summed E-state index contributed by atoms with van der Waals surface area (Å²) in [7, 11) is 3.25. The number of carboxylic acids is 1. The Kier molecular flexibility index (Phi) is 6.17. The lowest BCUT2D eigenvalue weighted by molar-refractivity contribution is -0.177. The van der Waals surface area contributed by atoms with Gasteiger partial charge in [-0.05, 0) is 24.6 Å². The summed E-state index contributed by atoms with van der Waals surface area (Å²) >= 11 is 0. The molecule has 9 heteroatoms. The molecule has 2 atom stereocenters. The third kappa shape index (κ3) is 4.25. The van der Waals surface area contributed by atoms with Gasteiger partial charge in [-0.3, -0.25) is 14.4 Å². The highest BCUT2D eigenvalue weighted by Gasteiger charge is 2.43. The number of carboxylic acid groups (broad SMARTS) is 1. The summed E-state index contributed by atoms with van der Waals surface area (Å²) in [5.74, 6) is -3.16. The predicted octanol–water partition coefficient (Wildman–Crippen LogP) is 0.445. The summed E-state index contributed by atoms with van der Waals surface area (Å²) < 4.78 is 10.1. The van der Waals surface area contributed by atoms with Crippen molar-refractivity contribution in [3.05, 3.63) is 29.3 Å². The Morgan fingerprint density at radius 1 is 1.33 bits per heavy atom. The highest BCUT2D eigenvalue weighted by atomic mass is 16.6. The van der Waals surface area contributed by atoms with Crippen LogP contribution in [0.25, 0.3) is 0 Å². The van der Waals surface area contributed by atoms with Crippen LogP contribution < -0.4 is 4.90 Å². The maximum absolute atomic E-state index is 12.9. The second-order valence-corrected chi connectivity index (χ2v) is 6.30. The number of anilines is 1. The van der Waals surface area contributed by atoms with Crippen LogP contribution in [0.2, 0.25) is 0 Å². The molecule has 27 heavy (non-hydrogen) atoms. The number of carbonyl (C=O) groups is 4. The molecule has 1 aromatic rings. The fourth-order valence-electron chi connectivity index (χ4n) is 2.87. The van der Waals surface area contributed by atoms with E-state index in [4.69, 9.17) is 9.47 Å². The molecule has 0 radical (unpaired) electrons. The van der Waals surface area contributed by atoms with Crippen LogP contribution >= 0.6 is 0 Å². The van der Waals surface area contributed by atoms with Crippen molar-refractivity contribution >= 4 is 29.4 Å². The first-order valence-electron chi connectivity index (χ1n) is 8.29. The average molecular weight is 378 g/mol. The van der Waals surface area contributed by atoms with E-state index in [2.05, 4.69) is 0 Å². The summed E-state index contributed by atoms with van der Waals surface area (Å²) in [4.78, 5) is 50.6. The number of nitrogens with zero attached hydrogens (tertiary/aromatic N) is 2. The molecule has 1 fully saturated rings. The number of rotatable bonds is 5. The maximum atomic E-state index is 12.9. The molecule has 0 aromatic heterocycles. The van der Waals surface area contributed by atoms with E-state index in [9.17, 15) is 24.3 Å². The first-order valence-corrected chi connectivity index (χ1v) is 8.29. The Bertz CT molecular complexity index is 775. The number of esters is 1. The van der Waals surface area contributed by atoms with E-state index in [1.165, 1.54) is 9.80 Å². The quantitative estimate of drug-likeness (QED) is 0.740. The van der Waals surface area contributed by atoms with Crippen molar-refractivity contribution < 1.29 is 33.8 Å². The van der Waals surface area contributed by atoms with Crippen LogP contribution in [0, 0.1) is 6.92 Å². The molecular weight excluding hydrogens is 356 g/mol. The van der Waals surface area contributed by atoms with Crippen LogP contribution in [-0.2, 0) is 23.9 Å². The van der Waals surface area contributed by atoms with Gasteiger partial charge in [0.15, 0.2) is 6.10 Å². The second-order valence-electron chi connectivity index (χ2n) is 6.30. The van der Waals surface area contributed by atoms with Crippen molar-refractivity contribution in [2.75, 3.05) is 32.1 Å². The molecule has 1 aromatic carbocycles. The smallest absolute Gasteiger partial charge is 0.348 e. The number of aliphatic carboxylic acids is 1. The molecule has 0 bridgehead atoms. The molecule has 9 nitrogen and oxygen atoms in total. The van der Waals surface area contributed by atoms with Crippen molar-refractivity contribution in [3.63, 3.8) is 0 Å². The molecular formula is C18H22N2O7. The first kappa shape index (κ1) is 20.4. The lowest BCUT2D eigenvalue weighted by atomic mass is 10.0. The van der Waals surface area contributed by atoms with Crippen LogP contribution in [0.4, 0.5) is 5.69 Å². The Morgan fingerprint density at radius 3 is 2.56 bits per heavy atom. The van der Waals surface area contributed by atoms with Crippen molar-refractivity contribution in [2.24, 2.45) is 0 Å². The van der Waals surface area contributed by atoms with E-state index in [1.54, 1.807) is 39.2 Å². The van der Waals surface area contributed by atoms with Gasteiger partial charge in [0.05, 0.1) is 6.61 Å². The fourth-order valence-corrected chi connectivity index (χ4v) is 2.87. The van der Waals surface area contributed by atoms with E-state index >= 15 is 0 Å². The third-order valence-electron chi connectivity index (χ3n) is 4.17. The topological polar surface area (TPSA) is 113 Å². The van der Waals surface area contributed by atoms with E-state index in [0.29, 0.717) is 16.8 Å². The van der Waals surface area contributed by atoms with Crippen molar-refractivity contribution in [1.29, 1.82) is 0 Å². The molecule has 2 rings (SSSR count). The van der Waals surface area contributed by atoms with E-state index in [1.807, 2.05) is 0 Å². The second kappa shape index (κ2) is 8.17. The normalized spacial score (nSPS) is 18.0. The Hall–Kier alpha value is -2.94. The number of hydrogen-bond acceptors (Lipinski definition) is 6. The number of benzene rings is 1. The van der Waals surface area contributed by atoms with Crippen LogP contribution in [0.5, 0.6) is 0 Å². The minimum absolute atomic E-state index is 0.0622. The number of carbonyl (C=O) groups excluding carboxylic acids is 3. The summed E-state index contributed by atoms with van der Waals surface area (Å²) in [6, 6.07) is 4.98. The molecule has 2 amide bonds. The Labute approximate surface area is 156 Å². The lowest BCUT2D eigenvalue weighted by Gasteiger charge is -2.35. The molecule has 1 heterocycles. The zero-order chi connectivity index (χ0) is 20.3. The molecule has 0 unspecified atom stereocenters. The standard InChI is InChI=1S/C18H22N2O7/c1-10-12(16(22)19(3)4)6-5-7-13(10)20-8-9-26-14(17(20)23)15(18(24)25)27-11(2)21/h5-7,14-15H,8-9H2,1-4H3,(H,24,25)/t14-,15-/m1/s1. The number of amides is 2. The largest absolute Gasteiger partial charge is 0.478 e. The monoisotopic (exact) mass is 378 g/mol. The summed E-state index contributed by atoms with van der Waals surface area (Å²) in [5.41, 5.74) is 1.50. The summed E-state index contributed by atoms with van der Waals surface area (Å²) in [6.45, 7) is 3.01. The Morgan fingerprint density at radius 2 is 2.00 bits per heavy atom. The van der Waals surface area contributed by atoms with Crippen LogP contribution in [0.15, 0.2) is 18.2 Å². The first-order chi connectivity index (χ1) is 12.6. The van der Waals surface area contributed by atoms with Gasteiger partial charge in [0.1, 0.15) is 0 Å². The minimum atomic E-state index is -1.75. The van der Waals surface area contributed by atoms with E-state index < -0.39 is 30.1 Å². The molecule has 1 aliphatic rings. The molecule has 1 N–H and O–H groups in total. The molecule has 146 valence electrons. The van der Waals surface area contributed by atoms with Gasteiger partial charge in [-0.15, -0.1) is 0 Å². The van der Waals surface area contributed by atoms with Crippen LogP contribution in [0.3, 0.4) is 0 Å². The van der Waals surface area contributed by atoms with Gasteiger partial charge in [0.2, 0.25) is 6.10 Å². The van der Waals surface area contributed by atoms with Crippen LogP contribution in [0.1, 0.15) is 22.8 Å². The molecule has 1 aliphatic heterocycles. The molecule has 0 saturated carbocycles. The number of morpholine rings is 1. The van der Waals surface area contributed by atoms with E-state index in [0.717, 1.165) is 6.92 Å². The SMILES string of the molecule is CC(=O)O[C@@H](C(=O)O)[C@H]1OCCN(c2cccc(C(=O)N(C)C)c2C)C1=O. The highest BCUT2D eigenvalue weighted by Crippen LogP contribution is 2.27. The van der Waals surface area contributed by atoms with Gasteiger partial charge in [0, 0.05) is 38.8 Å². The van der Waals surface area contributed by atoms with Gasteiger partial charge in [-0.2, -0.15) is 0 Å². The maximum Gasteiger partial charge on any atom is 0.348 e. The number of hydrogen-bond donors (Lipinski definition) is 1. The predicted molar refractivity (Wildman–Crippen MR) is 94.5 cm³/mol. The Balaban J connectivity index is 2.38. The van der Waals surface area contributed by atoms with Crippen molar-refractivity contribution in [1.82, 2.24) is 4.90 Å².